The van der Waals surface area contributed by atoms with Gasteiger partial charge in [-0.25, -0.2) is 4.98 Å². The van der Waals surface area contributed by atoms with Crippen molar-refractivity contribution in [3.05, 3.63) is 159 Å². The predicted octanol–water partition coefficient (Wildman–Crippen LogP) is 6.02. The maximum atomic E-state index is 14.4. The summed E-state index contributed by atoms with van der Waals surface area (Å²) < 4.78 is 1.75. The van der Waals surface area contributed by atoms with Crippen LogP contribution >= 0.6 is 0 Å². The molecule has 5 atom stereocenters. The third kappa shape index (κ3) is 2.51. The largest absolute Gasteiger partial charge is 0.282 e. The lowest BCUT2D eigenvalue weighted by molar-refractivity contribution is -0.385. The summed E-state index contributed by atoms with van der Waals surface area (Å²) in [5.74, 6) is 0.635. The molecule has 0 bridgehead atoms. The average molecular weight is 565 g/mol. The van der Waals surface area contributed by atoms with Gasteiger partial charge in [-0.15, -0.1) is 6.58 Å². The van der Waals surface area contributed by atoms with E-state index in [-0.39, 0.29) is 33.5 Å². The molecule has 7 nitrogen and oxygen atoms in total. The van der Waals surface area contributed by atoms with Gasteiger partial charge in [0, 0.05) is 40.5 Å². The maximum absolute atomic E-state index is 14.4. The van der Waals surface area contributed by atoms with Crippen LogP contribution in [0.4, 0.5) is 5.69 Å². The van der Waals surface area contributed by atoms with E-state index in [2.05, 4.69) is 66.1 Å². The van der Waals surface area contributed by atoms with Crippen molar-refractivity contribution >= 4 is 16.6 Å². The zero-order valence-electron chi connectivity index (χ0n) is 23.4. The quantitative estimate of drug-likeness (QED) is 0.152. The standard InChI is InChI=1S/C36H28N4O3/c1-2-30-34(23-12-5-3-6-13-23)31-18-11-21-38(31)36(35(30,34)24-14-7-4-8-15-24)27-22-25(40(42)43)19-20-29(27)39-32(41)26-16-9-10-17-28(26)37-33(36)39/h2-10,12-17,19-20,22,30-31H,1,11,18,21H2/t30-,31-,34+,35+,36-/m1/s1. The predicted molar refractivity (Wildman–Crippen MR) is 164 cm³/mol. The molecule has 210 valence electrons. The molecule has 5 aromatic rings. The number of aromatic nitrogens is 2. The molecule has 3 fully saturated rings. The summed E-state index contributed by atoms with van der Waals surface area (Å²) in [5, 5.41) is 12.8. The van der Waals surface area contributed by atoms with Gasteiger partial charge in [0.25, 0.3) is 11.2 Å². The van der Waals surface area contributed by atoms with Gasteiger partial charge in [-0.2, -0.15) is 0 Å². The number of hydrogen-bond donors (Lipinski definition) is 0. The van der Waals surface area contributed by atoms with E-state index in [9.17, 15) is 14.9 Å². The van der Waals surface area contributed by atoms with Crippen LogP contribution in [0.3, 0.4) is 0 Å². The second kappa shape index (κ2) is 8.14. The molecule has 4 aromatic carbocycles. The van der Waals surface area contributed by atoms with Crippen LogP contribution in [0.25, 0.3) is 16.6 Å². The van der Waals surface area contributed by atoms with Crippen LogP contribution in [-0.4, -0.2) is 32.0 Å². The van der Waals surface area contributed by atoms with Crippen molar-refractivity contribution in [2.45, 2.75) is 35.3 Å². The lowest BCUT2D eigenvalue weighted by atomic mass is 9.67. The van der Waals surface area contributed by atoms with Gasteiger partial charge in [0.15, 0.2) is 0 Å². The van der Waals surface area contributed by atoms with Gasteiger partial charge < -0.3 is 0 Å². The number of nitro groups is 1. The highest BCUT2D eigenvalue weighted by Crippen LogP contribution is 2.87. The molecular weight excluding hydrogens is 536 g/mol. The van der Waals surface area contributed by atoms with Crippen molar-refractivity contribution in [3.63, 3.8) is 0 Å². The Hall–Kier alpha value is -4.88. The summed E-state index contributed by atoms with van der Waals surface area (Å²) in [4.78, 5) is 34.3. The Bertz CT molecular complexity index is 2080. The van der Waals surface area contributed by atoms with Gasteiger partial charge in [-0.05, 0) is 48.7 Å². The van der Waals surface area contributed by atoms with Gasteiger partial charge in [0.1, 0.15) is 11.4 Å². The molecule has 1 aromatic heterocycles. The van der Waals surface area contributed by atoms with Gasteiger partial charge in [0.2, 0.25) is 0 Å². The number of fused-ring (bicyclic) bond motifs is 11. The van der Waals surface area contributed by atoms with Crippen molar-refractivity contribution in [2.75, 3.05) is 6.54 Å². The molecule has 1 spiro atoms. The van der Waals surface area contributed by atoms with E-state index in [1.54, 1.807) is 16.7 Å². The number of para-hydroxylation sites is 1. The van der Waals surface area contributed by atoms with E-state index in [0.717, 1.165) is 30.5 Å². The molecule has 3 aliphatic heterocycles. The van der Waals surface area contributed by atoms with Crippen LogP contribution in [0.15, 0.2) is 121 Å². The topological polar surface area (TPSA) is 81.3 Å². The molecule has 0 unspecified atom stereocenters. The van der Waals surface area contributed by atoms with Crippen LogP contribution in [0, 0.1) is 16.0 Å². The van der Waals surface area contributed by atoms with E-state index in [1.807, 2.05) is 36.4 Å². The summed E-state index contributed by atoms with van der Waals surface area (Å²) in [6.07, 6.45) is 4.05. The molecule has 0 radical (unpaired) electrons. The molecule has 2 saturated heterocycles. The van der Waals surface area contributed by atoms with Crippen LogP contribution in [0.1, 0.15) is 35.4 Å². The molecule has 0 N–H and O–H groups in total. The fraction of sp³-hybridized carbons (Fsp3) is 0.222. The summed E-state index contributed by atoms with van der Waals surface area (Å²) in [6.45, 7) is 5.22. The third-order valence-electron chi connectivity index (χ3n) is 10.9. The first-order valence-electron chi connectivity index (χ1n) is 14.9. The molecule has 4 aliphatic rings. The molecule has 0 amide bonds. The van der Waals surface area contributed by atoms with Gasteiger partial charge in [-0.1, -0.05) is 78.9 Å². The highest BCUT2D eigenvalue weighted by molar-refractivity contribution is 5.81. The average Bonchev–Trinajstić information content (AvgIpc) is 3.30. The van der Waals surface area contributed by atoms with Crippen LogP contribution in [0.2, 0.25) is 0 Å². The second-order valence-corrected chi connectivity index (χ2v) is 12.2. The van der Waals surface area contributed by atoms with Gasteiger partial charge >= 0.3 is 0 Å². The summed E-state index contributed by atoms with van der Waals surface area (Å²) >= 11 is 0. The minimum Gasteiger partial charge on any atom is -0.282 e. The Labute approximate surface area is 247 Å². The number of nitro benzene ring substituents is 1. The van der Waals surface area contributed by atoms with Crippen LogP contribution in [-0.2, 0) is 16.4 Å². The van der Waals surface area contributed by atoms with E-state index >= 15 is 0 Å². The monoisotopic (exact) mass is 564 g/mol. The molecule has 4 heterocycles. The van der Waals surface area contributed by atoms with Crippen molar-refractivity contribution in [3.8, 4) is 5.69 Å². The van der Waals surface area contributed by atoms with Crippen molar-refractivity contribution in [1.82, 2.24) is 14.5 Å². The fourth-order valence-corrected chi connectivity index (χ4v) is 9.91. The van der Waals surface area contributed by atoms with E-state index in [0.29, 0.717) is 22.4 Å². The molecule has 9 rings (SSSR count). The third-order valence-corrected chi connectivity index (χ3v) is 10.9. The van der Waals surface area contributed by atoms with Crippen LogP contribution in [0.5, 0.6) is 0 Å². The minimum absolute atomic E-state index is 0.00816. The fourth-order valence-electron chi connectivity index (χ4n) is 9.91. The highest BCUT2D eigenvalue weighted by atomic mass is 16.6. The summed E-state index contributed by atoms with van der Waals surface area (Å²) in [7, 11) is 0. The van der Waals surface area contributed by atoms with Gasteiger partial charge in [0.05, 0.1) is 21.5 Å². The number of nitrogens with zero attached hydrogens (tertiary/aromatic N) is 4. The Morgan fingerprint density at radius 2 is 1.63 bits per heavy atom. The second-order valence-electron chi connectivity index (χ2n) is 12.2. The first-order chi connectivity index (χ1) is 21.0. The number of hydrogen-bond acceptors (Lipinski definition) is 5. The summed E-state index contributed by atoms with van der Waals surface area (Å²) in [5.41, 5.74) is 2.34. The van der Waals surface area contributed by atoms with Crippen molar-refractivity contribution in [1.29, 1.82) is 0 Å². The maximum Gasteiger partial charge on any atom is 0.269 e. The van der Waals surface area contributed by atoms with Crippen molar-refractivity contribution < 1.29 is 4.92 Å². The van der Waals surface area contributed by atoms with E-state index < -0.39 is 11.0 Å². The zero-order chi connectivity index (χ0) is 29.1. The molecule has 7 heteroatoms. The lowest BCUT2D eigenvalue weighted by Gasteiger charge is -2.44. The number of piperidine rings is 1. The van der Waals surface area contributed by atoms with Gasteiger partial charge in [-0.3, -0.25) is 24.4 Å². The first kappa shape index (κ1) is 24.7. The number of rotatable bonds is 4. The number of non-ortho nitro benzene ring substituents is 1. The molecular formula is C36H28N4O3. The smallest absolute Gasteiger partial charge is 0.269 e. The number of allylic oxidation sites excluding steroid dienone is 1. The Morgan fingerprint density at radius 3 is 2.35 bits per heavy atom. The number of benzene rings is 4. The molecule has 1 aliphatic carbocycles. The Balaban J connectivity index is 1.53. The van der Waals surface area contributed by atoms with Crippen LogP contribution < -0.4 is 5.56 Å². The Morgan fingerprint density at radius 1 is 0.930 bits per heavy atom. The van der Waals surface area contributed by atoms with Crippen molar-refractivity contribution in [2.24, 2.45) is 5.92 Å². The molecule has 43 heavy (non-hydrogen) atoms. The normalized spacial score (nSPS) is 29.7. The SMILES string of the molecule is C=C[C@@H]1[C@@]2(c3ccccc3)[C@H]3CCCN3[C@@]3(c4cc([N+](=O)[O-])ccc4-n4c3nc3ccccc3c4=O)[C@@]12c1ccccc1. The first-order valence-corrected chi connectivity index (χ1v) is 14.9. The minimum atomic E-state index is -0.950. The lowest BCUT2D eigenvalue weighted by Crippen LogP contribution is -2.53. The summed E-state index contributed by atoms with van der Waals surface area (Å²) in [6, 6.07) is 33.8. The van der Waals surface area contributed by atoms with E-state index in [4.69, 9.17) is 4.98 Å². The van der Waals surface area contributed by atoms with E-state index in [1.165, 1.54) is 11.6 Å². The Kier molecular flexibility index (Phi) is 4.68. The molecule has 1 saturated carbocycles. The highest BCUT2D eigenvalue weighted by Gasteiger charge is 2.94. The zero-order valence-corrected chi connectivity index (χ0v) is 23.4.